The lowest BCUT2D eigenvalue weighted by Crippen LogP contribution is -2.19. The molecule has 0 aliphatic carbocycles. The van der Waals surface area contributed by atoms with Crippen LogP contribution >= 0.6 is 0 Å². The number of hydrazone groups is 1. The number of nitrogens with two attached hydrogens (primary N) is 1. The molecular formula is C25H25N3O4S. The third-order valence-electron chi connectivity index (χ3n) is 6.05. The first-order valence-electron chi connectivity index (χ1n) is 10.8. The van der Waals surface area contributed by atoms with E-state index in [9.17, 15) is 8.42 Å². The van der Waals surface area contributed by atoms with Gasteiger partial charge in [0, 0.05) is 13.0 Å². The average molecular weight is 464 g/mol. The summed E-state index contributed by atoms with van der Waals surface area (Å²) in [5.41, 5.74) is 4.56. The monoisotopic (exact) mass is 463 g/mol. The molecule has 2 N–H and O–H groups in total. The van der Waals surface area contributed by atoms with E-state index in [1.807, 2.05) is 53.5 Å². The molecule has 7 nitrogen and oxygen atoms in total. The van der Waals surface area contributed by atoms with Crippen LogP contribution in [0.15, 0.2) is 76.7 Å². The Morgan fingerprint density at radius 3 is 2.61 bits per heavy atom. The quantitative estimate of drug-likeness (QED) is 0.617. The number of anilines is 1. The highest BCUT2D eigenvalue weighted by Crippen LogP contribution is 2.37. The van der Waals surface area contributed by atoms with Crippen molar-refractivity contribution in [2.45, 2.75) is 30.3 Å². The topological polar surface area (TPSA) is 94.2 Å². The summed E-state index contributed by atoms with van der Waals surface area (Å²) in [7, 11) is -2.26. The number of methoxy groups -OCH3 is 1. The minimum absolute atomic E-state index is 0.0607. The summed E-state index contributed by atoms with van der Waals surface area (Å²) in [4.78, 5) is 0.0607. The summed E-state index contributed by atoms with van der Waals surface area (Å²) in [5.74, 6) is 1.62. The van der Waals surface area contributed by atoms with Crippen LogP contribution in [0.2, 0.25) is 0 Å². The highest BCUT2D eigenvalue weighted by atomic mass is 32.2. The van der Waals surface area contributed by atoms with Crippen LogP contribution in [0.5, 0.6) is 11.5 Å². The Kier molecular flexibility index (Phi) is 5.55. The Balaban J connectivity index is 1.48. The molecule has 0 spiro atoms. The third kappa shape index (κ3) is 4.44. The van der Waals surface area contributed by atoms with Gasteiger partial charge in [0.25, 0.3) is 0 Å². The normalized spacial score (nSPS) is 17.8. The summed E-state index contributed by atoms with van der Waals surface area (Å²) >= 11 is 0. The number of hydrogen-bond donors (Lipinski definition) is 1. The fraction of sp³-hybridized carbons (Fsp3) is 0.240. The van der Waals surface area contributed by atoms with Crippen molar-refractivity contribution >= 4 is 21.4 Å². The molecule has 0 saturated carbocycles. The van der Waals surface area contributed by atoms with E-state index in [-0.39, 0.29) is 11.0 Å². The Morgan fingerprint density at radius 2 is 1.85 bits per heavy atom. The SMILES string of the molecule is COc1ccc(C2=NN(c3cc(C4CCc5ccccc5O4)cc(S(N)(=O)=O)c3)CC2)cc1. The van der Waals surface area contributed by atoms with Gasteiger partial charge in [-0.1, -0.05) is 18.2 Å². The van der Waals surface area contributed by atoms with Crippen LogP contribution in [0.25, 0.3) is 0 Å². The second-order valence-electron chi connectivity index (χ2n) is 8.21. The first-order valence-corrected chi connectivity index (χ1v) is 12.4. The summed E-state index contributed by atoms with van der Waals surface area (Å²) < 4.78 is 35.9. The maximum absolute atomic E-state index is 12.3. The number of sulfonamides is 1. The van der Waals surface area contributed by atoms with Gasteiger partial charge in [-0.2, -0.15) is 5.10 Å². The first-order chi connectivity index (χ1) is 15.9. The van der Waals surface area contributed by atoms with Crippen molar-refractivity contribution in [1.29, 1.82) is 0 Å². The number of nitrogens with zero attached hydrogens (tertiary/aromatic N) is 2. The fourth-order valence-corrected chi connectivity index (χ4v) is 4.88. The average Bonchev–Trinajstić information content (AvgIpc) is 3.33. The Bertz CT molecular complexity index is 1320. The van der Waals surface area contributed by atoms with Crippen LogP contribution in [0.3, 0.4) is 0 Å². The van der Waals surface area contributed by atoms with E-state index >= 15 is 0 Å². The minimum atomic E-state index is -3.89. The van der Waals surface area contributed by atoms with Gasteiger partial charge in [-0.05, 0) is 78.1 Å². The lowest BCUT2D eigenvalue weighted by molar-refractivity contribution is 0.176. The number of primary sulfonamides is 1. The van der Waals surface area contributed by atoms with Gasteiger partial charge in [0.15, 0.2) is 0 Å². The lowest BCUT2D eigenvalue weighted by atomic mass is 9.97. The summed E-state index contributed by atoms with van der Waals surface area (Å²) in [6.45, 7) is 0.642. The molecule has 0 aromatic heterocycles. The van der Waals surface area contributed by atoms with Crippen LogP contribution in [-0.4, -0.2) is 27.8 Å². The number of hydrogen-bond acceptors (Lipinski definition) is 6. The van der Waals surface area contributed by atoms with Crippen molar-refractivity contribution in [3.05, 3.63) is 83.4 Å². The van der Waals surface area contributed by atoms with Crippen molar-refractivity contribution in [3.8, 4) is 11.5 Å². The van der Waals surface area contributed by atoms with E-state index in [1.54, 1.807) is 19.2 Å². The van der Waals surface area contributed by atoms with Gasteiger partial charge in [0.05, 0.1) is 23.4 Å². The molecule has 0 amide bonds. The maximum Gasteiger partial charge on any atom is 0.238 e. The maximum atomic E-state index is 12.3. The molecular weight excluding hydrogens is 438 g/mol. The molecule has 0 fully saturated rings. The van der Waals surface area contributed by atoms with E-state index in [1.165, 1.54) is 0 Å². The zero-order valence-corrected chi connectivity index (χ0v) is 19.1. The summed E-state index contributed by atoms with van der Waals surface area (Å²) in [6, 6.07) is 20.8. The smallest absolute Gasteiger partial charge is 0.238 e. The fourth-order valence-electron chi connectivity index (χ4n) is 4.29. The van der Waals surface area contributed by atoms with Gasteiger partial charge in [0.1, 0.15) is 17.6 Å². The van der Waals surface area contributed by atoms with Gasteiger partial charge >= 0.3 is 0 Å². The second-order valence-corrected chi connectivity index (χ2v) is 9.77. The van der Waals surface area contributed by atoms with Crippen molar-refractivity contribution < 1.29 is 17.9 Å². The van der Waals surface area contributed by atoms with E-state index in [0.717, 1.165) is 53.2 Å². The minimum Gasteiger partial charge on any atom is -0.497 e. The van der Waals surface area contributed by atoms with Crippen molar-refractivity contribution in [2.24, 2.45) is 10.2 Å². The van der Waals surface area contributed by atoms with Gasteiger partial charge in [-0.3, -0.25) is 5.01 Å². The highest BCUT2D eigenvalue weighted by Gasteiger charge is 2.25. The first kappa shape index (κ1) is 21.5. The zero-order valence-electron chi connectivity index (χ0n) is 18.3. The van der Waals surface area contributed by atoms with E-state index in [2.05, 4.69) is 6.07 Å². The standard InChI is InChI=1S/C25H25N3O4S/c1-31-21-9-6-17(7-10-21)23-12-13-28(27-23)20-14-19(15-22(16-20)33(26,29)30)25-11-8-18-4-2-3-5-24(18)32-25/h2-7,9-10,14-16,25H,8,11-13H2,1H3,(H2,26,29,30). The second kappa shape index (κ2) is 8.53. The van der Waals surface area contributed by atoms with Gasteiger partial charge in [0.2, 0.25) is 10.0 Å². The van der Waals surface area contributed by atoms with E-state index < -0.39 is 10.0 Å². The molecule has 8 heteroatoms. The molecule has 0 bridgehead atoms. The van der Waals surface area contributed by atoms with Crippen LogP contribution in [-0.2, 0) is 16.4 Å². The van der Waals surface area contributed by atoms with Crippen molar-refractivity contribution in [2.75, 3.05) is 18.7 Å². The van der Waals surface area contributed by atoms with Crippen LogP contribution in [0.4, 0.5) is 5.69 Å². The molecule has 2 aliphatic heterocycles. The Morgan fingerprint density at radius 1 is 1.06 bits per heavy atom. The van der Waals surface area contributed by atoms with Gasteiger partial charge in [-0.15, -0.1) is 0 Å². The molecule has 3 aromatic carbocycles. The molecule has 1 unspecified atom stereocenters. The molecule has 3 aromatic rings. The summed E-state index contributed by atoms with van der Waals surface area (Å²) in [5, 5.41) is 12.1. The van der Waals surface area contributed by atoms with Crippen molar-refractivity contribution in [3.63, 3.8) is 0 Å². The molecule has 0 saturated heterocycles. The number of benzene rings is 3. The van der Waals surface area contributed by atoms with Crippen molar-refractivity contribution in [1.82, 2.24) is 0 Å². The van der Waals surface area contributed by atoms with Crippen LogP contribution < -0.4 is 19.6 Å². The molecule has 170 valence electrons. The Labute approximate surface area is 193 Å². The number of aryl methyl sites for hydroxylation is 1. The summed E-state index contributed by atoms with van der Waals surface area (Å²) in [6.07, 6.45) is 2.10. The number of rotatable bonds is 5. The zero-order chi connectivity index (χ0) is 23.0. The number of fused-ring (bicyclic) bond motifs is 1. The largest absolute Gasteiger partial charge is 0.497 e. The van der Waals surface area contributed by atoms with E-state index in [0.29, 0.717) is 12.2 Å². The molecule has 33 heavy (non-hydrogen) atoms. The predicted octanol–water partition coefficient (Wildman–Crippen LogP) is 4.02. The highest BCUT2D eigenvalue weighted by molar-refractivity contribution is 7.89. The third-order valence-corrected chi connectivity index (χ3v) is 6.95. The number of para-hydroxylation sites is 1. The molecule has 0 radical (unpaired) electrons. The predicted molar refractivity (Wildman–Crippen MR) is 127 cm³/mol. The molecule has 5 rings (SSSR count). The van der Waals surface area contributed by atoms with Gasteiger partial charge in [-0.25, -0.2) is 13.6 Å². The molecule has 2 heterocycles. The van der Waals surface area contributed by atoms with Crippen LogP contribution in [0, 0.1) is 0 Å². The van der Waals surface area contributed by atoms with Gasteiger partial charge < -0.3 is 9.47 Å². The molecule has 2 aliphatic rings. The number of ether oxygens (including phenoxy) is 2. The lowest BCUT2D eigenvalue weighted by Gasteiger charge is -2.27. The van der Waals surface area contributed by atoms with Crippen LogP contribution in [0.1, 0.15) is 35.6 Å². The molecule has 1 atom stereocenters. The van der Waals surface area contributed by atoms with E-state index in [4.69, 9.17) is 19.7 Å². The Hall–Kier alpha value is -3.36.